The van der Waals surface area contributed by atoms with Crippen LogP contribution in [0.4, 0.5) is 0 Å². The molecule has 3 heteroatoms. The Morgan fingerprint density at radius 2 is 2.11 bits per heavy atom. The second-order valence-electron chi connectivity index (χ2n) is 4.19. The molecule has 0 aliphatic carbocycles. The molecule has 0 bridgehead atoms. The van der Waals surface area contributed by atoms with Crippen molar-refractivity contribution in [2.24, 2.45) is 0 Å². The largest absolute Gasteiger partial charge is 0.507 e. The number of carbonyl (C=O) groups is 1. The Bertz CT molecular complexity index is 592. The van der Waals surface area contributed by atoms with Crippen LogP contribution in [0, 0.1) is 13.8 Å². The van der Waals surface area contributed by atoms with Gasteiger partial charge in [-0.15, -0.1) is 0 Å². The molecule has 0 aliphatic heterocycles. The number of aromatic hydroxyl groups is 1. The van der Waals surface area contributed by atoms with Crippen LogP contribution in [0.25, 0.3) is 6.08 Å². The summed E-state index contributed by atoms with van der Waals surface area (Å²) in [6.07, 6.45) is 4.52. The summed E-state index contributed by atoms with van der Waals surface area (Å²) in [6, 6.07) is 7.02. The van der Waals surface area contributed by atoms with Gasteiger partial charge in [0.05, 0.1) is 11.8 Å². The number of carbonyl (C=O) groups excluding carboxylic acids is 1. The summed E-state index contributed by atoms with van der Waals surface area (Å²) in [5, 5.41) is 9.87. The predicted molar refractivity (Wildman–Crippen MR) is 69.7 cm³/mol. The lowest BCUT2D eigenvalue weighted by Gasteiger charge is -2.05. The van der Waals surface area contributed by atoms with Crippen LogP contribution in [-0.4, -0.2) is 10.9 Å². The molecule has 0 spiro atoms. The zero-order valence-electron chi connectivity index (χ0n) is 10.3. The highest BCUT2D eigenvalue weighted by molar-refractivity contribution is 6.08. The molecule has 3 nitrogen and oxygen atoms in total. The number of hydrogen-bond acceptors (Lipinski definition) is 3. The summed E-state index contributed by atoms with van der Waals surface area (Å²) in [7, 11) is 0. The summed E-state index contributed by atoms with van der Waals surface area (Å²) in [5.41, 5.74) is 1.96. The average Bonchev–Trinajstić information content (AvgIpc) is 2.83. The molecule has 92 valence electrons. The topological polar surface area (TPSA) is 50.4 Å². The lowest BCUT2D eigenvalue weighted by atomic mass is 10.0. The van der Waals surface area contributed by atoms with Crippen LogP contribution in [0.3, 0.4) is 0 Å². The molecule has 0 saturated heterocycles. The number of phenols is 1. The highest BCUT2D eigenvalue weighted by Crippen LogP contribution is 2.24. The molecular formula is C15H14O3. The Balaban J connectivity index is 2.29. The molecule has 0 unspecified atom stereocenters. The summed E-state index contributed by atoms with van der Waals surface area (Å²) in [4.78, 5) is 12.0. The quantitative estimate of drug-likeness (QED) is 0.662. The number of phenolic OH excluding ortho intramolecular Hbond substituents is 1. The molecule has 0 radical (unpaired) electrons. The second kappa shape index (κ2) is 4.92. The van der Waals surface area contributed by atoms with E-state index in [9.17, 15) is 9.90 Å². The van der Waals surface area contributed by atoms with E-state index in [1.807, 2.05) is 13.0 Å². The number of furan rings is 1. The average molecular weight is 242 g/mol. The summed E-state index contributed by atoms with van der Waals surface area (Å²) < 4.78 is 5.10. The van der Waals surface area contributed by atoms with E-state index >= 15 is 0 Å². The fraction of sp³-hybridized carbons (Fsp3) is 0.133. The van der Waals surface area contributed by atoms with Crippen LogP contribution in [-0.2, 0) is 0 Å². The maximum Gasteiger partial charge on any atom is 0.189 e. The van der Waals surface area contributed by atoms with Crippen LogP contribution >= 0.6 is 0 Å². The van der Waals surface area contributed by atoms with Crippen molar-refractivity contribution < 1.29 is 14.3 Å². The van der Waals surface area contributed by atoms with E-state index in [1.165, 1.54) is 6.08 Å². The molecule has 0 atom stereocenters. The van der Waals surface area contributed by atoms with E-state index in [4.69, 9.17) is 4.42 Å². The first kappa shape index (κ1) is 12.2. The number of ketones is 1. The van der Waals surface area contributed by atoms with E-state index in [-0.39, 0.29) is 11.5 Å². The molecule has 2 aromatic rings. The Morgan fingerprint density at radius 3 is 2.78 bits per heavy atom. The van der Waals surface area contributed by atoms with Gasteiger partial charge in [-0.3, -0.25) is 4.79 Å². The molecule has 0 aliphatic rings. The Morgan fingerprint density at radius 1 is 1.33 bits per heavy atom. The zero-order valence-corrected chi connectivity index (χ0v) is 10.3. The lowest BCUT2D eigenvalue weighted by Crippen LogP contribution is -1.97. The molecule has 18 heavy (non-hydrogen) atoms. The number of benzene rings is 1. The summed E-state index contributed by atoms with van der Waals surface area (Å²) >= 11 is 0. The van der Waals surface area contributed by atoms with Gasteiger partial charge in [-0.05, 0) is 55.3 Å². The Hall–Kier alpha value is -2.29. The van der Waals surface area contributed by atoms with Crippen molar-refractivity contribution in [3.8, 4) is 5.75 Å². The number of rotatable bonds is 3. The highest BCUT2D eigenvalue weighted by atomic mass is 16.3. The molecule has 2 rings (SSSR count). The van der Waals surface area contributed by atoms with Gasteiger partial charge in [0.2, 0.25) is 0 Å². The van der Waals surface area contributed by atoms with Gasteiger partial charge in [0.1, 0.15) is 11.5 Å². The van der Waals surface area contributed by atoms with Crippen LogP contribution < -0.4 is 0 Å². The third-order valence-electron chi connectivity index (χ3n) is 2.65. The fourth-order valence-electron chi connectivity index (χ4n) is 1.78. The van der Waals surface area contributed by atoms with Crippen LogP contribution in [0.15, 0.2) is 41.0 Å². The third kappa shape index (κ3) is 2.51. The minimum atomic E-state index is -0.240. The highest BCUT2D eigenvalue weighted by Gasteiger charge is 2.11. The Kier molecular flexibility index (Phi) is 3.33. The second-order valence-corrected chi connectivity index (χ2v) is 4.19. The van der Waals surface area contributed by atoms with Gasteiger partial charge in [0, 0.05) is 0 Å². The van der Waals surface area contributed by atoms with E-state index in [0.717, 1.165) is 5.56 Å². The number of hydrogen-bond donors (Lipinski definition) is 1. The molecule has 1 aromatic carbocycles. The third-order valence-corrected chi connectivity index (χ3v) is 2.65. The minimum absolute atomic E-state index is 0.0368. The molecule has 1 aromatic heterocycles. The van der Waals surface area contributed by atoms with E-state index < -0.39 is 0 Å². The Labute approximate surface area is 105 Å². The van der Waals surface area contributed by atoms with E-state index in [0.29, 0.717) is 16.9 Å². The van der Waals surface area contributed by atoms with Gasteiger partial charge in [0.25, 0.3) is 0 Å². The molecular weight excluding hydrogens is 228 g/mol. The van der Waals surface area contributed by atoms with Crippen molar-refractivity contribution in [1.82, 2.24) is 0 Å². The van der Waals surface area contributed by atoms with Gasteiger partial charge >= 0.3 is 0 Å². The maximum atomic E-state index is 12.0. The van der Waals surface area contributed by atoms with Gasteiger partial charge in [-0.25, -0.2) is 0 Å². The predicted octanol–water partition coefficient (Wildman–Crippen LogP) is 3.50. The molecule has 1 heterocycles. The SMILES string of the molecule is Cc1cc(C)c(O)c(C(=O)/C=C/c2ccco2)c1. The number of allylic oxidation sites excluding steroid dienone is 1. The fourth-order valence-corrected chi connectivity index (χ4v) is 1.78. The smallest absolute Gasteiger partial charge is 0.189 e. The van der Waals surface area contributed by atoms with Crippen molar-refractivity contribution in [1.29, 1.82) is 0 Å². The van der Waals surface area contributed by atoms with Gasteiger partial charge in [-0.1, -0.05) is 6.07 Å². The van der Waals surface area contributed by atoms with E-state index in [2.05, 4.69) is 0 Å². The van der Waals surface area contributed by atoms with Gasteiger partial charge in [0.15, 0.2) is 5.78 Å². The zero-order chi connectivity index (χ0) is 13.1. The first-order chi connectivity index (χ1) is 8.58. The van der Waals surface area contributed by atoms with Crippen molar-refractivity contribution in [2.45, 2.75) is 13.8 Å². The van der Waals surface area contributed by atoms with Crippen molar-refractivity contribution in [3.63, 3.8) is 0 Å². The molecule has 0 amide bonds. The lowest BCUT2D eigenvalue weighted by molar-refractivity contribution is 0.104. The normalized spacial score (nSPS) is 11.0. The van der Waals surface area contributed by atoms with Crippen molar-refractivity contribution >= 4 is 11.9 Å². The number of aryl methyl sites for hydroxylation is 2. The first-order valence-corrected chi connectivity index (χ1v) is 5.64. The van der Waals surface area contributed by atoms with Crippen molar-refractivity contribution in [3.05, 3.63) is 59.1 Å². The maximum absolute atomic E-state index is 12.0. The summed E-state index contributed by atoms with van der Waals surface area (Å²) in [6.45, 7) is 3.66. The standard InChI is InChI=1S/C15H14O3/c1-10-8-11(2)15(17)13(9-10)14(16)6-5-12-4-3-7-18-12/h3-9,17H,1-2H3/b6-5+. The summed E-state index contributed by atoms with van der Waals surface area (Å²) in [5.74, 6) is 0.401. The van der Waals surface area contributed by atoms with Crippen molar-refractivity contribution in [2.75, 3.05) is 0 Å². The van der Waals surface area contributed by atoms with Crippen LogP contribution in [0.5, 0.6) is 5.75 Å². The molecule has 0 fully saturated rings. The van der Waals surface area contributed by atoms with Crippen LogP contribution in [0.2, 0.25) is 0 Å². The van der Waals surface area contributed by atoms with Crippen LogP contribution in [0.1, 0.15) is 27.2 Å². The molecule has 1 N–H and O–H groups in total. The van der Waals surface area contributed by atoms with E-state index in [1.54, 1.807) is 37.5 Å². The monoisotopic (exact) mass is 242 g/mol. The van der Waals surface area contributed by atoms with Gasteiger partial charge < -0.3 is 9.52 Å². The first-order valence-electron chi connectivity index (χ1n) is 5.64. The molecule has 0 saturated carbocycles. The minimum Gasteiger partial charge on any atom is -0.507 e. The van der Waals surface area contributed by atoms with Gasteiger partial charge in [-0.2, -0.15) is 0 Å².